The summed E-state index contributed by atoms with van der Waals surface area (Å²) in [7, 11) is 0. The molecule has 0 saturated heterocycles. The number of carbonyl (C=O) groups is 1. The molecular weight excluding hydrogens is 310 g/mol. The average Bonchev–Trinajstić information content (AvgIpc) is 3.19. The molecule has 0 bridgehead atoms. The van der Waals surface area contributed by atoms with E-state index in [0.29, 0.717) is 29.8 Å². The van der Waals surface area contributed by atoms with Crippen LogP contribution < -0.4 is 5.32 Å². The second-order valence-corrected chi connectivity index (χ2v) is 7.15. The van der Waals surface area contributed by atoms with E-state index in [0.717, 1.165) is 10.6 Å². The first-order valence-corrected chi connectivity index (χ1v) is 8.93. The minimum atomic E-state index is -0.0275. The lowest BCUT2D eigenvalue weighted by molar-refractivity contribution is -0.116. The highest BCUT2D eigenvalue weighted by Gasteiger charge is 2.18. The second kappa shape index (κ2) is 7.64. The van der Waals surface area contributed by atoms with Gasteiger partial charge >= 0.3 is 0 Å². The van der Waals surface area contributed by atoms with Crippen LogP contribution in [0.25, 0.3) is 0 Å². The molecule has 0 radical (unpaired) electrons. The smallest absolute Gasteiger partial charge is 0.227 e. The summed E-state index contributed by atoms with van der Waals surface area (Å²) in [5.74, 6) is 1.07. The van der Waals surface area contributed by atoms with Gasteiger partial charge in [-0.05, 0) is 31.9 Å². The number of aromatic nitrogens is 2. The van der Waals surface area contributed by atoms with Gasteiger partial charge in [-0.25, -0.2) is 0 Å². The lowest BCUT2D eigenvalue weighted by atomic mass is 10.2. The Morgan fingerprint density at radius 1 is 1.35 bits per heavy atom. The lowest BCUT2D eigenvalue weighted by Gasteiger charge is -2.13. The zero-order valence-electron chi connectivity index (χ0n) is 13.2. The molecule has 1 fully saturated rings. The molecule has 1 saturated carbocycles. The Hall–Kier alpha value is -1.82. The average molecular weight is 331 g/mol. The van der Waals surface area contributed by atoms with Gasteiger partial charge in [-0.3, -0.25) is 4.79 Å². The normalized spacial score (nSPS) is 15.0. The van der Waals surface area contributed by atoms with Crippen LogP contribution in [0.2, 0.25) is 0 Å². The molecule has 1 amide bonds. The first-order chi connectivity index (χ1) is 11.2. The molecule has 0 unspecified atom stereocenters. The Kier molecular flexibility index (Phi) is 5.33. The third kappa shape index (κ3) is 4.58. The molecule has 3 rings (SSSR count). The molecule has 0 aliphatic heterocycles. The van der Waals surface area contributed by atoms with Crippen LogP contribution in [-0.2, 0) is 11.2 Å². The molecule has 2 aromatic rings. The van der Waals surface area contributed by atoms with E-state index in [4.69, 9.17) is 4.52 Å². The summed E-state index contributed by atoms with van der Waals surface area (Å²) in [6.45, 7) is 1.77. The molecular formula is C17H21N3O2S. The van der Waals surface area contributed by atoms with Crippen LogP contribution in [0.1, 0.15) is 43.8 Å². The van der Waals surface area contributed by atoms with Crippen molar-refractivity contribution in [3.63, 3.8) is 0 Å². The first-order valence-electron chi connectivity index (χ1n) is 8.05. The van der Waals surface area contributed by atoms with Crippen LogP contribution in [-0.4, -0.2) is 21.3 Å². The third-order valence-electron chi connectivity index (χ3n) is 3.89. The molecule has 5 nitrogen and oxygen atoms in total. The predicted molar refractivity (Wildman–Crippen MR) is 90.5 cm³/mol. The fourth-order valence-electron chi connectivity index (χ4n) is 2.73. The molecule has 6 heteroatoms. The number of nitrogens with one attached hydrogen (secondary N) is 1. The summed E-state index contributed by atoms with van der Waals surface area (Å²) in [4.78, 5) is 17.4. The quantitative estimate of drug-likeness (QED) is 0.867. The molecule has 1 aliphatic rings. The van der Waals surface area contributed by atoms with Crippen molar-refractivity contribution in [2.75, 3.05) is 5.32 Å². The van der Waals surface area contributed by atoms with Gasteiger partial charge in [0.1, 0.15) is 0 Å². The Morgan fingerprint density at radius 3 is 2.87 bits per heavy atom. The highest BCUT2D eigenvalue weighted by Crippen LogP contribution is 2.38. The standard InChI is InChI=1S/C17H21N3O2S/c1-12-18-17(22-20-12)11-10-16(21)19-14-8-4-5-9-15(14)23-13-6-2-3-7-13/h4-5,8-9,13H,2-3,6-7,10-11H2,1H3,(H,19,21). The van der Waals surface area contributed by atoms with Gasteiger partial charge in [0.15, 0.2) is 5.82 Å². The number of nitrogens with zero attached hydrogens (tertiary/aromatic N) is 2. The van der Waals surface area contributed by atoms with Gasteiger partial charge in [-0.2, -0.15) is 4.98 Å². The molecule has 23 heavy (non-hydrogen) atoms. The van der Waals surface area contributed by atoms with E-state index in [2.05, 4.69) is 21.5 Å². The third-order valence-corrected chi connectivity index (χ3v) is 5.31. The van der Waals surface area contributed by atoms with Gasteiger partial charge in [-0.15, -0.1) is 11.8 Å². The maximum Gasteiger partial charge on any atom is 0.227 e. The highest BCUT2D eigenvalue weighted by atomic mass is 32.2. The number of anilines is 1. The first kappa shape index (κ1) is 16.1. The Bertz CT molecular complexity index is 665. The van der Waals surface area contributed by atoms with Crippen LogP contribution >= 0.6 is 11.8 Å². The zero-order chi connectivity index (χ0) is 16.1. The number of thioether (sulfide) groups is 1. The number of hydrogen-bond donors (Lipinski definition) is 1. The molecule has 0 atom stereocenters. The Morgan fingerprint density at radius 2 is 2.13 bits per heavy atom. The highest BCUT2D eigenvalue weighted by molar-refractivity contribution is 8.00. The number of aryl methyl sites for hydroxylation is 2. The van der Waals surface area contributed by atoms with Crippen LogP contribution in [0, 0.1) is 6.92 Å². The van der Waals surface area contributed by atoms with Crippen molar-refractivity contribution in [2.24, 2.45) is 0 Å². The van der Waals surface area contributed by atoms with Crippen molar-refractivity contribution in [1.82, 2.24) is 10.1 Å². The van der Waals surface area contributed by atoms with E-state index in [1.807, 2.05) is 30.0 Å². The van der Waals surface area contributed by atoms with E-state index in [1.165, 1.54) is 25.7 Å². The van der Waals surface area contributed by atoms with Crippen LogP contribution in [0.4, 0.5) is 5.69 Å². The molecule has 122 valence electrons. The molecule has 1 N–H and O–H groups in total. The Balaban J connectivity index is 1.57. The predicted octanol–water partition coefficient (Wildman–Crippen LogP) is 3.98. The number of hydrogen-bond acceptors (Lipinski definition) is 5. The summed E-state index contributed by atoms with van der Waals surface area (Å²) in [5, 5.41) is 7.42. The van der Waals surface area contributed by atoms with Gasteiger partial charge in [-0.1, -0.05) is 30.1 Å². The molecule has 1 aliphatic carbocycles. The van der Waals surface area contributed by atoms with Crippen molar-refractivity contribution in [3.8, 4) is 0 Å². The number of benzene rings is 1. The summed E-state index contributed by atoms with van der Waals surface area (Å²) < 4.78 is 5.03. The SMILES string of the molecule is Cc1noc(CCC(=O)Nc2ccccc2SC2CCCC2)n1. The second-order valence-electron chi connectivity index (χ2n) is 5.80. The van der Waals surface area contributed by atoms with E-state index in [-0.39, 0.29) is 5.91 Å². The topological polar surface area (TPSA) is 68.0 Å². The van der Waals surface area contributed by atoms with E-state index < -0.39 is 0 Å². The van der Waals surface area contributed by atoms with E-state index in [9.17, 15) is 4.79 Å². The summed E-state index contributed by atoms with van der Waals surface area (Å²) in [6, 6.07) is 8.02. The number of para-hydroxylation sites is 1. The van der Waals surface area contributed by atoms with Crippen molar-refractivity contribution in [3.05, 3.63) is 36.0 Å². The van der Waals surface area contributed by atoms with Crippen LogP contribution in [0.5, 0.6) is 0 Å². The monoisotopic (exact) mass is 331 g/mol. The largest absolute Gasteiger partial charge is 0.339 e. The minimum Gasteiger partial charge on any atom is -0.339 e. The maximum atomic E-state index is 12.2. The zero-order valence-corrected chi connectivity index (χ0v) is 14.1. The summed E-state index contributed by atoms with van der Waals surface area (Å²) >= 11 is 1.88. The van der Waals surface area contributed by atoms with Gasteiger partial charge in [0.2, 0.25) is 11.8 Å². The molecule has 1 aromatic carbocycles. The molecule has 1 aromatic heterocycles. The fourth-order valence-corrected chi connectivity index (χ4v) is 4.06. The van der Waals surface area contributed by atoms with Crippen molar-refractivity contribution in [1.29, 1.82) is 0 Å². The number of carbonyl (C=O) groups excluding carboxylic acids is 1. The van der Waals surface area contributed by atoms with Crippen molar-refractivity contribution < 1.29 is 9.32 Å². The number of rotatable bonds is 6. The van der Waals surface area contributed by atoms with Gasteiger partial charge in [0.25, 0.3) is 0 Å². The van der Waals surface area contributed by atoms with E-state index in [1.54, 1.807) is 6.92 Å². The van der Waals surface area contributed by atoms with Crippen LogP contribution in [0.3, 0.4) is 0 Å². The molecule has 1 heterocycles. The van der Waals surface area contributed by atoms with Crippen LogP contribution in [0.15, 0.2) is 33.7 Å². The Labute approximate surface area is 140 Å². The number of amides is 1. The van der Waals surface area contributed by atoms with Gasteiger partial charge in [0, 0.05) is 23.0 Å². The lowest BCUT2D eigenvalue weighted by Crippen LogP contribution is -2.13. The fraction of sp³-hybridized carbons (Fsp3) is 0.471. The summed E-state index contributed by atoms with van der Waals surface area (Å²) in [5.41, 5.74) is 0.899. The van der Waals surface area contributed by atoms with Crippen molar-refractivity contribution in [2.45, 2.75) is 55.6 Å². The van der Waals surface area contributed by atoms with Crippen molar-refractivity contribution >= 4 is 23.4 Å². The molecule has 0 spiro atoms. The summed E-state index contributed by atoms with van der Waals surface area (Å²) in [6.07, 6.45) is 5.97. The van der Waals surface area contributed by atoms with Gasteiger partial charge in [0.05, 0.1) is 5.69 Å². The van der Waals surface area contributed by atoms with E-state index >= 15 is 0 Å². The minimum absolute atomic E-state index is 0.0275. The maximum absolute atomic E-state index is 12.2. The van der Waals surface area contributed by atoms with Gasteiger partial charge < -0.3 is 9.84 Å².